The largest absolute Gasteiger partial charge is 0.352 e. The normalized spacial score (nSPS) is 14.8. The minimum atomic E-state index is -0.203. The molecule has 0 spiro atoms. The highest BCUT2D eigenvalue weighted by molar-refractivity contribution is 5.96. The minimum absolute atomic E-state index is 0.0593. The molecule has 1 N–H and O–H groups in total. The lowest BCUT2D eigenvalue weighted by Crippen LogP contribution is -2.41. The van der Waals surface area contributed by atoms with E-state index in [9.17, 15) is 9.59 Å². The molecule has 1 saturated heterocycles. The van der Waals surface area contributed by atoms with E-state index in [2.05, 4.69) is 29.6 Å². The van der Waals surface area contributed by atoms with E-state index in [1.54, 1.807) is 0 Å². The summed E-state index contributed by atoms with van der Waals surface area (Å²) < 4.78 is 0. The third-order valence-corrected chi connectivity index (χ3v) is 4.98. The van der Waals surface area contributed by atoms with Crippen molar-refractivity contribution in [2.75, 3.05) is 13.1 Å². The Balaban J connectivity index is 1.38. The highest BCUT2D eigenvalue weighted by Gasteiger charge is 2.24. The molecule has 2 aromatic carbocycles. The van der Waals surface area contributed by atoms with Crippen molar-refractivity contribution in [3.8, 4) is 0 Å². The molecule has 0 unspecified atom stereocenters. The van der Waals surface area contributed by atoms with Crippen LogP contribution in [0, 0.1) is 5.92 Å². The zero-order valence-electron chi connectivity index (χ0n) is 15.1. The summed E-state index contributed by atoms with van der Waals surface area (Å²) in [5, 5.41) is 2.82. The molecule has 0 radical (unpaired) electrons. The van der Waals surface area contributed by atoms with Gasteiger partial charge in [0.2, 0.25) is 11.8 Å². The molecule has 0 saturated carbocycles. The van der Waals surface area contributed by atoms with Crippen LogP contribution in [0.25, 0.3) is 0 Å². The van der Waals surface area contributed by atoms with E-state index in [0.717, 1.165) is 37.9 Å². The molecular formula is C22H26N2O2. The standard InChI is InChI=1S/C22H26N2O2/c25-21(23-17-20-9-5-2-6-10-20)16-22(26)24-13-11-19(12-14-24)15-18-7-3-1-4-8-18/h1-10,19H,11-17H2,(H,23,25). The van der Waals surface area contributed by atoms with E-state index in [1.807, 2.05) is 41.3 Å². The Labute approximate surface area is 155 Å². The number of benzene rings is 2. The summed E-state index contributed by atoms with van der Waals surface area (Å²) >= 11 is 0. The molecule has 1 aliphatic heterocycles. The van der Waals surface area contributed by atoms with Crippen LogP contribution in [0.1, 0.15) is 30.4 Å². The van der Waals surface area contributed by atoms with E-state index >= 15 is 0 Å². The number of hydrogen-bond donors (Lipinski definition) is 1. The maximum Gasteiger partial charge on any atom is 0.232 e. The molecule has 0 aliphatic carbocycles. The third kappa shape index (κ3) is 5.45. The highest BCUT2D eigenvalue weighted by Crippen LogP contribution is 2.22. The van der Waals surface area contributed by atoms with Gasteiger partial charge in [-0.25, -0.2) is 0 Å². The zero-order valence-corrected chi connectivity index (χ0v) is 15.1. The Morgan fingerprint density at radius 1 is 0.885 bits per heavy atom. The maximum absolute atomic E-state index is 12.3. The number of carbonyl (C=O) groups excluding carboxylic acids is 2. The van der Waals surface area contributed by atoms with Crippen LogP contribution in [0.2, 0.25) is 0 Å². The van der Waals surface area contributed by atoms with Crippen molar-refractivity contribution < 1.29 is 9.59 Å². The molecule has 0 aromatic heterocycles. The highest BCUT2D eigenvalue weighted by atomic mass is 16.2. The van der Waals surface area contributed by atoms with Gasteiger partial charge in [-0.05, 0) is 36.3 Å². The number of piperidine rings is 1. The van der Waals surface area contributed by atoms with Gasteiger partial charge in [0.05, 0.1) is 0 Å². The van der Waals surface area contributed by atoms with Gasteiger partial charge in [0, 0.05) is 19.6 Å². The minimum Gasteiger partial charge on any atom is -0.352 e. The Kier molecular flexibility index (Phi) is 6.42. The second-order valence-corrected chi connectivity index (χ2v) is 6.95. The lowest BCUT2D eigenvalue weighted by atomic mass is 9.90. The van der Waals surface area contributed by atoms with Crippen LogP contribution in [0.4, 0.5) is 0 Å². The topological polar surface area (TPSA) is 49.4 Å². The molecule has 4 nitrogen and oxygen atoms in total. The Hall–Kier alpha value is -2.62. The fourth-order valence-electron chi connectivity index (χ4n) is 3.44. The van der Waals surface area contributed by atoms with Crippen LogP contribution in [0.15, 0.2) is 60.7 Å². The van der Waals surface area contributed by atoms with Crippen LogP contribution in [-0.4, -0.2) is 29.8 Å². The first-order valence-electron chi connectivity index (χ1n) is 9.33. The fourth-order valence-corrected chi connectivity index (χ4v) is 3.44. The van der Waals surface area contributed by atoms with Crippen molar-refractivity contribution in [2.45, 2.75) is 32.2 Å². The summed E-state index contributed by atoms with van der Waals surface area (Å²) in [6, 6.07) is 20.2. The van der Waals surface area contributed by atoms with Gasteiger partial charge in [0.1, 0.15) is 6.42 Å². The van der Waals surface area contributed by atoms with E-state index in [0.29, 0.717) is 12.5 Å². The van der Waals surface area contributed by atoms with Gasteiger partial charge in [-0.3, -0.25) is 9.59 Å². The second kappa shape index (κ2) is 9.18. The monoisotopic (exact) mass is 350 g/mol. The second-order valence-electron chi connectivity index (χ2n) is 6.95. The molecule has 2 aromatic rings. The lowest BCUT2D eigenvalue weighted by molar-refractivity contribution is -0.137. The summed E-state index contributed by atoms with van der Waals surface area (Å²) in [6.45, 7) is 1.97. The molecule has 2 amide bonds. The van der Waals surface area contributed by atoms with Crippen molar-refractivity contribution in [1.82, 2.24) is 10.2 Å². The van der Waals surface area contributed by atoms with Gasteiger partial charge < -0.3 is 10.2 Å². The van der Waals surface area contributed by atoms with E-state index in [1.165, 1.54) is 5.56 Å². The molecular weight excluding hydrogens is 324 g/mol. The smallest absolute Gasteiger partial charge is 0.232 e. The molecule has 1 fully saturated rings. The molecule has 1 heterocycles. The molecule has 1 aliphatic rings. The predicted octanol–water partition coefficient (Wildman–Crippen LogP) is 3.17. The summed E-state index contributed by atoms with van der Waals surface area (Å²) in [7, 11) is 0. The average molecular weight is 350 g/mol. The lowest BCUT2D eigenvalue weighted by Gasteiger charge is -2.32. The number of hydrogen-bond acceptors (Lipinski definition) is 2. The predicted molar refractivity (Wildman–Crippen MR) is 102 cm³/mol. The summed E-state index contributed by atoms with van der Waals surface area (Å²) in [5.41, 5.74) is 2.40. The number of carbonyl (C=O) groups is 2. The van der Waals surface area contributed by atoms with E-state index in [-0.39, 0.29) is 18.2 Å². The number of rotatable bonds is 6. The maximum atomic E-state index is 12.3. The van der Waals surface area contributed by atoms with Gasteiger partial charge in [-0.15, -0.1) is 0 Å². The van der Waals surface area contributed by atoms with E-state index in [4.69, 9.17) is 0 Å². The molecule has 3 rings (SSSR count). The van der Waals surface area contributed by atoms with Gasteiger partial charge in [-0.2, -0.15) is 0 Å². The number of nitrogens with one attached hydrogen (secondary N) is 1. The molecule has 26 heavy (non-hydrogen) atoms. The number of nitrogens with zero attached hydrogens (tertiary/aromatic N) is 1. The van der Waals surface area contributed by atoms with E-state index < -0.39 is 0 Å². The van der Waals surface area contributed by atoms with Gasteiger partial charge >= 0.3 is 0 Å². The Morgan fingerprint density at radius 3 is 2.08 bits per heavy atom. The van der Waals surface area contributed by atoms with Crippen molar-refractivity contribution in [2.24, 2.45) is 5.92 Å². The van der Waals surface area contributed by atoms with Crippen LogP contribution in [0.3, 0.4) is 0 Å². The fraction of sp³-hybridized carbons (Fsp3) is 0.364. The van der Waals surface area contributed by atoms with Crippen LogP contribution >= 0.6 is 0 Å². The summed E-state index contributed by atoms with van der Waals surface area (Å²) in [5.74, 6) is 0.354. The quantitative estimate of drug-likeness (QED) is 0.814. The van der Waals surface area contributed by atoms with Crippen molar-refractivity contribution >= 4 is 11.8 Å². The number of amides is 2. The third-order valence-electron chi connectivity index (χ3n) is 4.98. The number of likely N-dealkylation sites (tertiary alicyclic amines) is 1. The summed E-state index contributed by atoms with van der Waals surface area (Å²) in [4.78, 5) is 26.2. The summed E-state index contributed by atoms with van der Waals surface area (Å²) in [6.07, 6.45) is 3.02. The van der Waals surface area contributed by atoms with Crippen molar-refractivity contribution in [1.29, 1.82) is 0 Å². The Bertz CT molecular complexity index is 707. The SMILES string of the molecule is O=C(CC(=O)N1CCC(Cc2ccccc2)CC1)NCc1ccccc1. The van der Waals surface area contributed by atoms with Crippen LogP contribution in [-0.2, 0) is 22.6 Å². The molecule has 0 bridgehead atoms. The Morgan fingerprint density at radius 2 is 1.46 bits per heavy atom. The van der Waals surface area contributed by atoms with Crippen molar-refractivity contribution in [3.63, 3.8) is 0 Å². The van der Waals surface area contributed by atoms with Crippen LogP contribution in [0.5, 0.6) is 0 Å². The van der Waals surface area contributed by atoms with Crippen LogP contribution < -0.4 is 5.32 Å². The first-order valence-corrected chi connectivity index (χ1v) is 9.33. The van der Waals surface area contributed by atoms with Crippen molar-refractivity contribution in [3.05, 3.63) is 71.8 Å². The first kappa shape index (κ1) is 18.2. The first-order chi connectivity index (χ1) is 12.7. The average Bonchev–Trinajstić information content (AvgIpc) is 2.68. The van der Waals surface area contributed by atoms with Gasteiger partial charge in [-0.1, -0.05) is 60.7 Å². The molecule has 0 atom stereocenters. The molecule has 4 heteroatoms. The van der Waals surface area contributed by atoms with Gasteiger partial charge in [0.25, 0.3) is 0 Å². The molecule has 136 valence electrons. The zero-order chi connectivity index (χ0) is 18.2. The van der Waals surface area contributed by atoms with Gasteiger partial charge in [0.15, 0.2) is 0 Å².